The van der Waals surface area contributed by atoms with E-state index in [4.69, 9.17) is 5.84 Å². The van der Waals surface area contributed by atoms with Crippen LogP contribution in [0, 0.1) is 6.92 Å². The maximum Gasteiger partial charge on any atom is 0.233 e. The SMILES string of the molecule is Cc1ccc2ccn(CCCCCC(=O)NN)c2c1. The van der Waals surface area contributed by atoms with Gasteiger partial charge in [-0.2, -0.15) is 0 Å². The van der Waals surface area contributed by atoms with Gasteiger partial charge in [-0.3, -0.25) is 10.2 Å². The third-order valence-corrected chi connectivity index (χ3v) is 3.39. The fourth-order valence-electron chi connectivity index (χ4n) is 2.31. The van der Waals surface area contributed by atoms with Gasteiger partial charge >= 0.3 is 0 Å². The molecule has 102 valence electrons. The van der Waals surface area contributed by atoms with Crippen molar-refractivity contribution in [2.24, 2.45) is 5.84 Å². The molecule has 0 saturated heterocycles. The van der Waals surface area contributed by atoms with Crippen molar-refractivity contribution in [2.45, 2.75) is 39.2 Å². The van der Waals surface area contributed by atoms with E-state index in [0.717, 1.165) is 25.8 Å². The smallest absolute Gasteiger partial charge is 0.233 e. The molecule has 3 N–H and O–H groups in total. The molecular weight excluding hydrogens is 238 g/mol. The average Bonchev–Trinajstić information content (AvgIpc) is 2.80. The Morgan fingerprint density at radius 2 is 2.11 bits per heavy atom. The molecule has 2 aromatic rings. The summed E-state index contributed by atoms with van der Waals surface area (Å²) in [6.07, 6.45) is 5.66. The third kappa shape index (κ3) is 3.58. The lowest BCUT2D eigenvalue weighted by atomic mass is 10.1. The molecule has 1 amide bonds. The molecule has 19 heavy (non-hydrogen) atoms. The molecule has 0 bridgehead atoms. The largest absolute Gasteiger partial charge is 0.347 e. The number of aryl methyl sites for hydroxylation is 2. The van der Waals surface area contributed by atoms with Crippen molar-refractivity contribution in [1.82, 2.24) is 9.99 Å². The highest BCUT2D eigenvalue weighted by molar-refractivity contribution is 5.80. The van der Waals surface area contributed by atoms with Gasteiger partial charge in [-0.15, -0.1) is 0 Å². The van der Waals surface area contributed by atoms with E-state index in [-0.39, 0.29) is 5.91 Å². The summed E-state index contributed by atoms with van der Waals surface area (Å²) >= 11 is 0. The van der Waals surface area contributed by atoms with Crippen molar-refractivity contribution in [3.63, 3.8) is 0 Å². The average molecular weight is 259 g/mol. The molecule has 0 unspecified atom stereocenters. The second kappa shape index (κ2) is 6.38. The quantitative estimate of drug-likeness (QED) is 0.362. The van der Waals surface area contributed by atoms with Gasteiger partial charge < -0.3 is 4.57 Å². The standard InChI is InChI=1S/C15H21N3O/c1-12-6-7-13-8-10-18(14(13)11-12)9-4-2-3-5-15(19)17-16/h6-8,10-11H,2-5,9,16H2,1H3,(H,17,19). The van der Waals surface area contributed by atoms with Gasteiger partial charge in [0, 0.05) is 24.7 Å². The summed E-state index contributed by atoms with van der Waals surface area (Å²) in [4.78, 5) is 11.0. The molecule has 2 rings (SSSR count). The first-order valence-corrected chi connectivity index (χ1v) is 6.75. The van der Waals surface area contributed by atoms with Crippen LogP contribution in [0.25, 0.3) is 10.9 Å². The minimum atomic E-state index is -0.0814. The van der Waals surface area contributed by atoms with Crippen LogP contribution in [0.3, 0.4) is 0 Å². The first-order chi connectivity index (χ1) is 9.20. The van der Waals surface area contributed by atoms with Crippen LogP contribution in [0.4, 0.5) is 0 Å². The Kier molecular flexibility index (Phi) is 4.58. The normalized spacial score (nSPS) is 10.8. The number of aromatic nitrogens is 1. The van der Waals surface area contributed by atoms with Crippen molar-refractivity contribution in [3.05, 3.63) is 36.0 Å². The molecule has 0 saturated carbocycles. The van der Waals surface area contributed by atoms with Crippen LogP contribution in [0.15, 0.2) is 30.5 Å². The minimum absolute atomic E-state index is 0.0814. The van der Waals surface area contributed by atoms with Gasteiger partial charge in [-0.25, -0.2) is 5.84 Å². The maximum atomic E-state index is 11.0. The van der Waals surface area contributed by atoms with Crippen LogP contribution in [0.2, 0.25) is 0 Å². The molecule has 0 aliphatic rings. The molecule has 0 spiro atoms. The molecule has 0 fully saturated rings. The molecule has 1 heterocycles. The highest BCUT2D eigenvalue weighted by Crippen LogP contribution is 2.18. The van der Waals surface area contributed by atoms with Crippen LogP contribution in [-0.4, -0.2) is 10.5 Å². The Bertz CT molecular complexity index is 560. The van der Waals surface area contributed by atoms with E-state index in [1.54, 1.807) is 0 Å². The topological polar surface area (TPSA) is 60.0 Å². The van der Waals surface area contributed by atoms with E-state index in [1.807, 2.05) is 0 Å². The first kappa shape index (κ1) is 13.6. The van der Waals surface area contributed by atoms with Crippen LogP contribution in [0.5, 0.6) is 0 Å². The van der Waals surface area contributed by atoms with Crippen molar-refractivity contribution >= 4 is 16.8 Å². The van der Waals surface area contributed by atoms with Gasteiger partial charge in [0.2, 0.25) is 5.91 Å². The summed E-state index contributed by atoms with van der Waals surface area (Å²) in [5, 5.41) is 1.29. The lowest BCUT2D eigenvalue weighted by molar-refractivity contribution is -0.121. The van der Waals surface area contributed by atoms with Crippen molar-refractivity contribution in [1.29, 1.82) is 0 Å². The number of nitrogens with one attached hydrogen (secondary N) is 1. The van der Waals surface area contributed by atoms with E-state index in [1.165, 1.54) is 16.5 Å². The fourth-order valence-corrected chi connectivity index (χ4v) is 2.31. The monoisotopic (exact) mass is 259 g/mol. The Labute approximate surface area is 113 Å². The summed E-state index contributed by atoms with van der Waals surface area (Å²) in [7, 11) is 0. The molecule has 1 aromatic heterocycles. The number of carbonyl (C=O) groups excluding carboxylic acids is 1. The molecule has 4 heteroatoms. The van der Waals surface area contributed by atoms with Crippen LogP contribution < -0.4 is 11.3 Å². The van der Waals surface area contributed by atoms with Crippen LogP contribution in [-0.2, 0) is 11.3 Å². The summed E-state index contributed by atoms with van der Waals surface area (Å²) in [5.41, 5.74) is 4.73. The zero-order valence-electron chi connectivity index (χ0n) is 11.4. The second-order valence-corrected chi connectivity index (χ2v) is 4.95. The van der Waals surface area contributed by atoms with Gasteiger partial charge in [-0.05, 0) is 42.8 Å². The van der Waals surface area contributed by atoms with Crippen molar-refractivity contribution in [2.75, 3.05) is 0 Å². The van der Waals surface area contributed by atoms with Crippen molar-refractivity contribution < 1.29 is 4.79 Å². The molecule has 0 aliphatic heterocycles. The van der Waals surface area contributed by atoms with Crippen LogP contribution >= 0.6 is 0 Å². The van der Waals surface area contributed by atoms with E-state index < -0.39 is 0 Å². The highest BCUT2D eigenvalue weighted by atomic mass is 16.2. The molecule has 4 nitrogen and oxygen atoms in total. The zero-order chi connectivity index (χ0) is 13.7. The number of hydrazine groups is 1. The number of amides is 1. The molecule has 0 radical (unpaired) electrons. The van der Waals surface area contributed by atoms with Gasteiger partial charge in [0.05, 0.1) is 0 Å². The third-order valence-electron chi connectivity index (χ3n) is 3.39. The maximum absolute atomic E-state index is 11.0. The first-order valence-electron chi connectivity index (χ1n) is 6.75. The summed E-state index contributed by atoms with van der Waals surface area (Å²) in [6, 6.07) is 8.67. The van der Waals surface area contributed by atoms with Gasteiger partial charge in [0.1, 0.15) is 0 Å². The predicted octanol–water partition coefficient (Wildman–Crippen LogP) is 2.50. The van der Waals surface area contributed by atoms with E-state index in [9.17, 15) is 4.79 Å². The lowest BCUT2D eigenvalue weighted by Gasteiger charge is -2.06. The summed E-state index contributed by atoms with van der Waals surface area (Å²) in [6.45, 7) is 3.11. The summed E-state index contributed by atoms with van der Waals surface area (Å²) in [5.74, 6) is 4.96. The van der Waals surface area contributed by atoms with E-state index >= 15 is 0 Å². The van der Waals surface area contributed by atoms with Gasteiger partial charge in [0.15, 0.2) is 0 Å². The Hall–Kier alpha value is -1.81. The lowest BCUT2D eigenvalue weighted by Crippen LogP contribution is -2.29. The number of fused-ring (bicyclic) bond motifs is 1. The van der Waals surface area contributed by atoms with E-state index in [2.05, 4.69) is 47.4 Å². The highest BCUT2D eigenvalue weighted by Gasteiger charge is 2.02. The number of rotatable bonds is 6. The Balaban J connectivity index is 1.85. The molecule has 1 aromatic carbocycles. The molecular formula is C15H21N3O. The number of nitrogens with two attached hydrogens (primary N) is 1. The fraction of sp³-hybridized carbons (Fsp3) is 0.400. The minimum Gasteiger partial charge on any atom is -0.347 e. The molecule has 0 atom stereocenters. The van der Waals surface area contributed by atoms with Crippen LogP contribution in [0.1, 0.15) is 31.2 Å². The van der Waals surface area contributed by atoms with Gasteiger partial charge in [0.25, 0.3) is 0 Å². The number of unbranched alkanes of at least 4 members (excludes halogenated alkanes) is 2. The number of hydrogen-bond donors (Lipinski definition) is 2. The summed E-state index contributed by atoms with van der Waals surface area (Å²) < 4.78 is 2.28. The van der Waals surface area contributed by atoms with E-state index in [0.29, 0.717) is 6.42 Å². The Morgan fingerprint density at radius 3 is 2.89 bits per heavy atom. The van der Waals surface area contributed by atoms with Gasteiger partial charge in [-0.1, -0.05) is 18.6 Å². The number of hydrogen-bond acceptors (Lipinski definition) is 2. The number of nitrogens with zero attached hydrogens (tertiary/aromatic N) is 1. The number of carbonyl (C=O) groups is 1. The second-order valence-electron chi connectivity index (χ2n) is 4.95. The Morgan fingerprint density at radius 1 is 1.26 bits per heavy atom. The zero-order valence-corrected chi connectivity index (χ0v) is 11.4. The predicted molar refractivity (Wildman–Crippen MR) is 77.5 cm³/mol. The van der Waals surface area contributed by atoms with Crippen molar-refractivity contribution in [3.8, 4) is 0 Å². The number of benzene rings is 1. The molecule has 0 aliphatic carbocycles.